The van der Waals surface area contributed by atoms with Gasteiger partial charge in [0, 0.05) is 16.5 Å². The third-order valence-electron chi connectivity index (χ3n) is 4.72. The second-order valence-corrected chi connectivity index (χ2v) is 7.39. The fourth-order valence-electron chi connectivity index (χ4n) is 3.46. The second kappa shape index (κ2) is 6.53. The van der Waals surface area contributed by atoms with E-state index in [0.29, 0.717) is 21.6 Å². The monoisotopic (exact) mass is 371 g/mol. The van der Waals surface area contributed by atoms with E-state index in [1.165, 1.54) is 30.5 Å². The molecule has 0 saturated carbocycles. The highest BCUT2D eigenvalue weighted by molar-refractivity contribution is 7.18. The van der Waals surface area contributed by atoms with E-state index in [1.807, 2.05) is 0 Å². The summed E-state index contributed by atoms with van der Waals surface area (Å²) in [5.74, 6) is 0.509. The molecule has 0 spiro atoms. The number of nitro groups is 1. The average molecular weight is 371 g/mol. The largest absolute Gasteiger partial charge is 0.490 e. The van der Waals surface area contributed by atoms with Crippen molar-refractivity contribution in [1.82, 2.24) is 9.97 Å². The van der Waals surface area contributed by atoms with Gasteiger partial charge in [-0.15, -0.1) is 11.3 Å². The molecule has 2 heterocycles. The van der Waals surface area contributed by atoms with Gasteiger partial charge in [0.05, 0.1) is 17.4 Å². The Bertz CT molecular complexity index is 1070. The van der Waals surface area contributed by atoms with Gasteiger partial charge < -0.3 is 9.72 Å². The zero-order chi connectivity index (χ0) is 18.3. The van der Waals surface area contributed by atoms with Gasteiger partial charge in [-0.2, -0.15) is 0 Å². The Morgan fingerprint density at radius 2 is 2.08 bits per heavy atom. The molecule has 134 valence electrons. The zero-order valence-corrected chi connectivity index (χ0v) is 15.0. The Morgan fingerprint density at radius 3 is 2.85 bits per heavy atom. The van der Waals surface area contributed by atoms with Crippen molar-refractivity contribution in [2.45, 2.75) is 32.1 Å². The Morgan fingerprint density at radius 1 is 1.27 bits per heavy atom. The number of fused-ring (bicyclic) bond motifs is 3. The number of thiophene rings is 1. The summed E-state index contributed by atoms with van der Waals surface area (Å²) < 4.78 is 5.03. The van der Waals surface area contributed by atoms with Crippen LogP contribution in [-0.2, 0) is 12.8 Å². The smallest absolute Gasteiger partial charge is 0.311 e. The van der Waals surface area contributed by atoms with E-state index < -0.39 is 4.92 Å². The third-order valence-corrected chi connectivity index (χ3v) is 5.91. The minimum absolute atomic E-state index is 0.158. The van der Waals surface area contributed by atoms with E-state index >= 15 is 0 Å². The van der Waals surface area contributed by atoms with Crippen molar-refractivity contribution in [1.29, 1.82) is 0 Å². The fraction of sp³-hybridized carbons (Fsp3) is 0.333. The van der Waals surface area contributed by atoms with Crippen molar-refractivity contribution in [2.75, 3.05) is 7.11 Å². The van der Waals surface area contributed by atoms with E-state index in [9.17, 15) is 14.9 Å². The van der Waals surface area contributed by atoms with E-state index in [4.69, 9.17) is 4.74 Å². The van der Waals surface area contributed by atoms with Crippen LogP contribution in [0, 0.1) is 10.1 Å². The molecular weight excluding hydrogens is 354 g/mol. The maximum absolute atomic E-state index is 12.7. The molecule has 1 aliphatic carbocycles. The number of H-pyrrole nitrogens is 1. The molecule has 1 aliphatic rings. The Kier molecular flexibility index (Phi) is 4.20. The maximum atomic E-state index is 12.7. The van der Waals surface area contributed by atoms with Crippen molar-refractivity contribution >= 4 is 27.2 Å². The number of hydrogen-bond donors (Lipinski definition) is 1. The van der Waals surface area contributed by atoms with Crippen LogP contribution in [0.2, 0.25) is 0 Å². The molecule has 7 nitrogen and oxygen atoms in total. The van der Waals surface area contributed by atoms with Gasteiger partial charge >= 0.3 is 5.69 Å². The quantitative estimate of drug-likeness (QED) is 0.428. The lowest BCUT2D eigenvalue weighted by molar-refractivity contribution is -0.385. The lowest BCUT2D eigenvalue weighted by atomic mass is 10.1. The van der Waals surface area contributed by atoms with Crippen molar-refractivity contribution in [3.05, 3.63) is 49.1 Å². The molecule has 0 saturated heterocycles. The molecule has 0 fully saturated rings. The number of methoxy groups -OCH3 is 1. The highest BCUT2D eigenvalue weighted by Crippen LogP contribution is 2.35. The molecular formula is C18H17N3O4S. The van der Waals surface area contributed by atoms with Crippen molar-refractivity contribution < 1.29 is 9.66 Å². The third kappa shape index (κ3) is 2.76. The molecule has 2 aromatic heterocycles. The molecule has 0 atom stereocenters. The number of hydrogen-bond acceptors (Lipinski definition) is 6. The molecule has 4 rings (SSSR count). The minimum atomic E-state index is -0.508. The van der Waals surface area contributed by atoms with Gasteiger partial charge in [-0.25, -0.2) is 4.98 Å². The van der Waals surface area contributed by atoms with Crippen LogP contribution in [0.3, 0.4) is 0 Å². The van der Waals surface area contributed by atoms with Crippen molar-refractivity contribution in [2.24, 2.45) is 0 Å². The van der Waals surface area contributed by atoms with Crippen LogP contribution < -0.4 is 10.3 Å². The first-order valence-corrected chi connectivity index (χ1v) is 9.27. The van der Waals surface area contributed by atoms with Crippen LogP contribution in [0.25, 0.3) is 21.6 Å². The summed E-state index contributed by atoms with van der Waals surface area (Å²) in [7, 11) is 1.38. The first-order valence-electron chi connectivity index (χ1n) is 8.46. The first kappa shape index (κ1) is 16.7. The Balaban J connectivity index is 1.87. The number of nitrogens with one attached hydrogen (secondary N) is 1. The summed E-state index contributed by atoms with van der Waals surface area (Å²) >= 11 is 1.56. The molecule has 0 radical (unpaired) electrons. The zero-order valence-electron chi connectivity index (χ0n) is 14.2. The number of aromatic amines is 1. The van der Waals surface area contributed by atoms with Crippen LogP contribution in [0.1, 0.15) is 29.7 Å². The predicted octanol–water partition coefficient (Wildman–Crippen LogP) is 3.84. The lowest BCUT2D eigenvalue weighted by Crippen LogP contribution is -2.10. The average Bonchev–Trinajstić information content (AvgIpc) is 2.83. The molecule has 0 amide bonds. The van der Waals surface area contributed by atoms with Gasteiger partial charge in [-0.1, -0.05) is 6.42 Å². The number of aryl methyl sites for hydroxylation is 2. The molecule has 26 heavy (non-hydrogen) atoms. The number of ether oxygens (including phenoxy) is 1. The minimum Gasteiger partial charge on any atom is -0.490 e. The number of aromatic nitrogens is 2. The van der Waals surface area contributed by atoms with Crippen LogP contribution in [-0.4, -0.2) is 22.0 Å². The Hall–Kier alpha value is -2.74. The van der Waals surface area contributed by atoms with Crippen molar-refractivity contribution in [3.63, 3.8) is 0 Å². The molecule has 0 aliphatic heterocycles. The van der Waals surface area contributed by atoms with Gasteiger partial charge in [0.15, 0.2) is 5.75 Å². The summed E-state index contributed by atoms with van der Waals surface area (Å²) in [6.07, 6.45) is 5.30. The molecule has 1 aromatic carbocycles. The van der Waals surface area contributed by atoms with Gasteiger partial charge in [0.2, 0.25) is 0 Å². The molecule has 1 N–H and O–H groups in total. The maximum Gasteiger partial charge on any atom is 0.311 e. The number of rotatable bonds is 3. The van der Waals surface area contributed by atoms with Crippen LogP contribution >= 0.6 is 11.3 Å². The van der Waals surface area contributed by atoms with Gasteiger partial charge in [-0.3, -0.25) is 14.9 Å². The van der Waals surface area contributed by atoms with Gasteiger partial charge in [0.25, 0.3) is 5.56 Å². The van der Waals surface area contributed by atoms with E-state index in [1.54, 1.807) is 17.4 Å². The normalized spacial score (nSPS) is 14.0. The highest BCUT2D eigenvalue weighted by Gasteiger charge is 2.21. The fourth-order valence-corrected chi connectivity index (χ4v) is 4.72. The van der Waals surface area contributed by atoms with E-state index in [-0.39, 0.29) is 17.0 Å². The molecule has 0 unspecified atom stereocenters. The highest BCUT2D eigenvalue weighted by atomic mass is 32.1. The topological polar surface area (TPSA) is 98.1 Å². The number of nitrogens with zero attached hydrogens (tertiary/aromatic N) is 2. The summed E-state index contributed by atoms with van der Waals surface area (Å²) in [6, 6.07) is 4.55. The molecule has 0 bridgehead atoms. The first-order chi connectivity index (χ1) is 12.6. The summed E-state index contributed by atoms with van der Waals surface area (Å²) in [4.78, 5) is 32.8. The van der Waals surface area contributed by atoms with Gasteiger partial charge in [0.1, 0.15) is 10.7 Å². The molecule has 8 heteroatoms. The lowest BCUT2D eigenvalue weighted by Gasteiger charge is -2.05. The van der Waals surface area contributed by atoms with Crippen LogP contribution in [0.5, 0.6) is 5.75 Å². The van der Waals surface area contributed by atoms with E-state index in [0.717, 1.165) is 31.2 Å². The second-order valence-electron chi connectivity index (χ2n) is 6.30. The van der Waals surface area contributed by atoms with Gasteiger partial charge in [-0.05, 0) is 43.4 Å². The Labute approximate surface area is 152 Å². The summed E-state index contributed by atoms with van der Waals surface area (Å²) in [5, 5.41) is 11.9. The van der Waals surface area contributed by atoms with E-state index in [2.05, 4.69) is 9.97 Å². The standard InChI is InChI=1S/C18H17N3O4S/c1-25-13-8-7-10(9-12(13)21(23)24)16-19-17(22)15-11-5-3-2-4-6-14(11)26-18(15)20-16/h7-9H,2-6H2,1H3,(H,19,20,22). The van der Waals surface area contributed by atoms with Crippen LogP contribution in [0.4, 0.5) is 5.69 Å². The number of benzene rings is 1. The predicted molar refractivity (Wildman–Crippen MR) is 100 cm³/mol. The summed E-state index contributed by atoms with van der Waals surface area (Å²) in [5.41, 5.74) is 1.28. The van der Waals surface area contributed by atoms with Crippen LogP contribution in [0.15, 0.2) is 23.0 Å². The van der Waals surface area contributed by atoms with Crippen molar-refractivity contribution in [3.8, 4) is 17.1 Å². The number of nitro benzene ring substituents is 1. The molecule has 3 aromatic rings. The SMILES string of the molecule is COc1ccc(-c2nc3sc4c(c3c(=O)[nH]2)CCCCC4)cc1[N+](=O)[O-]. The summed E-state index contributed by atoms with van der Waals surface area (Å²) in [6.45, 7) is 0.